The van der Waals surface area contributed by atoms with Crippen LogP contribution in [0.3, 0.4) is 0 Å². The molecule has 0 aliphatic heterocycles. The van der Waals surface area contributed by atoms with Crippen molar-refractivity contribution in [1.82, 2.24) is 16.0 Å². The van der Waals surface area contributed by atoms with Gasteiger partial charge in [-0.15, -0.1) is 0 Å². The maximum absolute atomic E-state index is 12.7. The van der Waals surface area contributed by atoms with E-state index in [2.05, 4.69) is 20.9 Å². The summed E-state index contributed by atoms with van der Waals surface area (Å²) >= 11 is 0. The molecule has 0 aromatic carbocycles. The van der Waals surface area contributed by atoms with Crippen LogP contribution in [0, 0.1) is 5.92 Å². The molecule has 0 aromatic rings. The Labute approximate surface area is 192 Å². The topological polar surface area (TPSA) is 255 Å². The monoisotopic (exact) mass is 475 g/mol. The van der Waals surface area contributed by atoms with Crippen molar-refractivity contribution >= 4 is 29.7 Å². The van der Waals surface area contributed by atoms with Crippen molar-refractivity contribution in [3.63, 3.8) is 0 Å². The number of carbonyl (C=O) groups is 4. The molecular formula is C19H37N7O7. The Bertz CT molecular complexity index is 696. The molecule has 12 N–H and O–H groups in total. The number of aliphatic hydroxyl groups is 2. The zero-order valence-electron chi connectivity index (χ0n) is 19.2. The first kappa shape index (κ1) is 30.0. The van der Waals surface area contributed by atoms with Gasteiger partial charge in [0.1, 0.15) is 24.2 Å². The minimum Gasteiger partial charge on any atom is -0.480 e. The van der Waals surface area contributed by atoms with Crippen molar-refractivity contribution < 1.29 is 34.5 Å². The van der Waals surface area contributed by atoms with Crippen molar-refractivity contribution in [2.24, 2.45) is 28.1 Å². The highest BCUT2D eigenvalue weighted by Gasteiger charge is 2.30. The standard InChI is InChI=1S/C19H37N7O7/c1-9(2)7-12(18(32)33)25-16(30)13(8-27)26-15(29)11(5-4-6-23-19(21)22)24-17(31)14(20)10(3)28/h9-14,27-28H,4-8,20H2,1-3H3,(H,24,31)(H,25,30)(H,26,29)(H,32,33)(H4,21,22,23). The lowest BCUT2D eigenvalue weighted by Crippen LogP contribution is -2.59. The Morgan fingerprint density at radius 2 is 1.42 bits per heavy atom. The Morgan fingerprint density at radius 3 is 1.88 bits per heavy atom. The van der Waals surface area contributed by atoms with Crippen molar-refractivity contribution in [2.75, 3.05) is 13.2 Å². The molecule has 0 spiro atoms. The Hall–Kier alpha value is -2.97. The summed E-state index contributed by atoms with van der Waals surface area (Å²) < 4.78 is 0. The molecule has 0 bridgehead atoms. The van der Waals surface area contributed by atoms with Crippen molar-refractivity contribution in [3.05, 3.63) is 0 Å². The number of hydrogen-bond donors (Lipinski definition) is 9. The summed E-state index contributed by atoms with van der Waals surface area (Å²) in [4.78, 5) is 52.6. The van der Waals surface area contributed by atoms with Gasteiger partial charge in [-0.1, -0.05) is 13.8 Å². The molecule has 14 heteroatoms. The summed E-state index contributed by atoms with van der Waals surface area (Å²) in [6.45, 7) is 4.21. The molecule has 0 heterocycles. The number of amides is 3. The number of nitrogens with two attached hydrogens (primary N) is 3. The molecule has 3 amide bonds. The molecule has 0 saturated heterocycles. The lowest BCUT2D eigenvalue weighted by molar-refractivity contribution is -0.143. The molecule has 0 radical (unpaired) electrons. The van der Waals surface area contributed by atoms with E-state index >= 15 is 0 Å². The Kier molecular flexibility index (Phi) is 13.6. The molecule has 0 aromatic heterocycles. The van der Waals surface area contributed by atoms with Gasteiger partial charge in [0.25, 0.3) is 0 Å². The first-order chi connectivity index (χ1) is 15.3. The molecule has 14 nitrogen and oxygen atoms in total. The van der Waals surface area contributed by atoms with Gasteiger partial charge in [0.05, 0.1) is 12.7 Å². The highest BCUT2D eigenvalue weighted by molar-refractivity contribution is 5.94. The van der Waals surface area contributed by atoms with Crippen LogP contribution in [0.15, 0.2) is 4.99 Å². The Morgan fingerprint density at radius 1 is 0.909 bits per heavy atom. The fourth-order valence-corrected chi connectivity index (χ4v) is 2.69. The number of carboxylic acid groups (broad SMARTS) is 1. The first-order valence-corrected chi connectivity index (χ1v) is 10.5. The highest BCUT2D eigenvalue weighted by atomic mass is 16.4. The third-order valence-corrected chi connectivity index (χ3v) is 4.54. The van der Waals surface area contributed by atoms with Crippen LogP contribution in [0.5, 0.6) is 0 Å². The van der Waals surface area contributed by atoms with E-state index in [0.29, 0.717) is 0 Å². The maximum Gasteiger partial charge on any atom is 0.326 e. The lowest BCUT2D eigenvalue weighted by Gasteiger charge is -2.25. The molecule has 0 aliphatic carbocycles. The van der Waals surface area contributed by atoms with E-state index in [0.717, 1.165) is 0 Å². The van der Waals surface area contributed by atoms with E-state index in [1.807, 2.05) is 0 Å². The molecule has 0 aliphatic rings. The van der Waals surface area contributed by atoms with Gasteiger partial charge in [-0.3, -0.25) is 19.4 Å². The SMILES string of the molecule is CC(C)CC(NC(=O)C(CO)NC(=O)C(CCCN=C(N)N)NC(=O)C(N)C(C)O)C(=O)O. The summed E-state index contributed by atoms with van der Waals surface area (Å²) in [7, 11) is 0. The van der Waals surface area contributed by atoms with E-state index in [9.17, 15) is 34.5 Å². The number of carbonyl (C=O) groups excluding carboxylic acids is 3. The van der Waals surface area contributed by atoms with E-state index in [-0.39, 0.29) is 37.7 Å². The second-order valence-electron chi connectivity index (χ2n) is 8.05. The molecule has 0 saturated carbocycles. The number of guanidine groups is 1. The van der Waals surface area contributed by atoms with Gasteiger partial charge in [0.15, 0.2) is 5.96 Å². The normalized spacial score (nSPS) is 15.5. The van der Waals surface area contributed by atoms with Gasteiger partial charge >= 0.3 is 5.97 Å². The number of aliphatic carboxylic acids is 1. The third kappa shape index (κ3) is 12.0. The number of hydrogen-bond acceptors (Lipinski definition) is 8. The number of rotatable bonds is 15. The van der Waals surface area contributed by atoms with E-state index in [1.54, 1.807) is 13.8 Å². The molecule has 0 fully saturated rings. The summed E-state index contributed by atoms with van der Waals surface area (Å²) in [6, 6.07) is -5.16. The van der Waals surface area contributed by atoms with E-state index in [1.165, 1.54) is 6.92 Å². The minimum atomic E-state index is -1.46. The zero-order chi connectivity index (χ0) is 25.7. The van der Waals surface area contributed by atoms with Gasteiger partial charge in [-0.05, 0) is 32.1 Å². The molecule has 5 atom stereocenters. The van der Waals surface area contributed by atoms with Gasteiger partial charge in [-0.25, -0.2) is 4.79 Å². The molecule has 5 unspecified atom stereocenters. The first-order valence-electron chi connectivity index (χ1n) is 10.5. The maximum atomic E-state index is 12.7. The van der Waals surface area contributed by atoms with Crippen molar-refractivity contribution in [2.45, 2.75) is 70.3 Å². The third-order valence-electron chi connectivity index (χ3n) is 4.54. The van der Waals surface area contributed by atoms with Crippen LogP contribution in [0.4, 0.5) is 0 Å². The Balaban J connectivity index is 5.34. The van der Waals surface area contributed by atoms with E-state index < -0.39 is 60.6 Å². The minimum absolute atomic E-state index is 0.0310. The number of aliphatic hydroxyl groups excluding tert-OH is 2. The van der Waals surface area contributed by atoms with Crippen molar-refractivity contribution in [3.8, 4) is 0 Å². The van der Waals surface area contributed by atoms with Crippen LogP contribution < -0.4 is 33.2 Å². The molecule has 0 rings (SSSR count). The number of nitrogens with one attached hydrogen (secondary N) is 3. The van der Waals surface area contributed by atoms with Gasteiger partial charge in [0.2, 0.25) is 17.7 Å². The molecule has 33 heavy (non-hydrogen) atoms. The van der Waals surface area contributed by atoms with Gasteiger partial charge in [0, 0.05) is 6.54 Å². The lowest BCUT2D eigenvalue weighted by atomic mass is 10.0. The van der Waals surface area contributed by atoms with E-state index in [4.69, 9.17) is 17.2 Å². The van der Waals surface area contributed by atoms with Crippen LogP contribution >= 0.6 is 0 Å². The van der Waals surface area contributed by atoms with Gasteiger partial charge < -0.3 is 48.5 Å². The fourth-order valence-electron chi connectivity index (χ4n) is 2.69. The predicted molar refractivity (Wildman–Crippen MR) is 120 cm³/mol. The number of carboxylic acids is 1. The summed E-state index contributed by atoms with van der Waals surface area (Å²) in [5, 5.41) is 35.3. The van der Waals surface area contributed by atoms with Gasteiger partial charge in [-0.2, -0.15) is 0 Å². The average molecular weight is 476 g/mol. The predicted octanol–water partition coefficient (Wildman–Crippen LogP) is -3.67. The molecular weight excluding hydrogens is 438 g/mol. The van der Waals surface area contributed by atoms with Crippen LogP contribution in [0.25, 0.3) is 0 Å². The van der Waals surface area contributed by atoms with Crippen molar-refractivity contribution in [1.29, 1.82) is 0 Å². The second-order valence-corrected chi connectivity index (χ2v) is 8.05. The second kappa shape index (κ2) is 15.0. The number of nitrogens with zero attached hydrogens (tertiary/aromatic N) is 1. The average Bonchev–Trinajstić information content (AvgIpc) is 2.71. The highest BCUT2D eigenvalue weighted by Crippen LogP contribution is 2.06. The fraction of sp³-hybridized carbons (Fsp3) is 0.737. The van der Waals surface area contributed by atoms with Crippen LogP contribution in [-0.2, 0) is 19.2 Å². The van der Waals surface area contributed by atoms with Crippen LogP contribution in [0.2, 0.25) is 0 Å². The smallest absolute Gasteiger partial charge is 0.326 e. The summed E-state index contributed by atoms with van der Waals surface area (Å²) in [5.41, 5.74) is 16.1. The number of aliphatic imine (C=N–C) groups is 1. The summed E-state index contributed by atoms with van der Waals surface area (Å²) in [6.07, 6.45) is -0.717. The molecule has 190 valence electrons. The van der Waals surface area contributed by atoms with Crippen LogP contribution in [0.1, 0.15) is 40.0 Å². The summed E-state index contributed by atoms with van der Waals surface area (Å²) in [5.74, 6) is -3.96. The zero-order valence-corrected chi connectivity index (χ0v) is 19.2. The largest absolute Gasteiger partial charge is 0.480 e. The quantitative estimate of drug-likeness (QED) is 0.0636. The van der Waals surface area contributed by atoms with Crippen LogP contribution in [-0.4, -0.2) is 88.4 Å².